The molecule has 3 nitrogen and oxygen atoms in total. The zero-order valence-electron chi connectivity index (χ0n) is 10.1. The van der Waals surface area contributed by atoms with E-state index in [9.17, 15) is 0 Å². The Morgan fingerprint density at radius 3 is 1.93 bits per heavy atom. The Kier molecular flexibility index (Phi) is 11.0. The van der Waals surface area contributed by atoms with Crippen LogP contribution < -0.4 is 5.32 Å². The third-order valence-electron chi connectivity index (χ3n) is 2.30. The molecule has 0 aliphatic carbocycles. The van der Waals surface area contributed by atoms with E-state index in [-0.39, 0.29) is 0 Å². The van der Waals surface area contributed by atoms with Crippen LogP contribution in [-0.2, 0) is 4.74 Å². The zero-order chi connectivity index (χ0) is 11.4. The highest BCUT2D eigenvalue weighted by molar-refractivity contribution is 4.81. The average molecular weight is 212 g/mol. The first-order chi connectivity index (χ1) is 7.35. The second-order valence-corrected chi connectivity index (χ2v) is 3.77. The Morgan fingerprint density at radius 2 is 1.73 bits per heavy atom. The van der Waals surface area contributed by atoms with E-state index in [4.69, 9.17) is 10.00 Å². The number of nitrogens with zero attached hydrogens (tertiary/aromatic N) is 1. The summed E-state index contributed by atoms with van der Waals surface area (Å²) in [6, 6.07) is 2.30. The Bertz CT molecular complexity index is 144. The fourth-order valence-electron chi connectivity index (χ4n) is 1.49. The summed E-state index contributed by atoms with van der Waals surface area (Å²) in [5.74, 6) is 0.319. The number of ether oxygens (including phenoxy) is 1. The standard InChI is InChI=1S/C8H15N.C4H9NO/c1-3-5-8(7-9)6-4-2;1-3-6-4-2-5-1/h8H,3-6H2,1-2H3;5H,1-4H2. The topological polar surface area (TPSA) is 45.0 Å². The van der Waals surface area contributed by atoms with Crippen molar-refractivity contribution in [3.05, 3.63) is 0 Å². The lowest BCUT2D eigenvalue weighted by Crippen LogP contribution is -2.30. The summed E-state index contributed by atoms with van der Waals surface area (Å²) in [5.41, 5.74) is 0. The van der Waals surface area contributed by atoms with Crippen LogP contribution in [0.15, 0.2) is 0 Å². The molecule has 0 spiro atoms. The second kappa shape index (κ2) is 11.5. The summed E-state index contributed by atoms with van der Waals surface area (Å²) in [7, 11) is 0. The van der Waals surface area contributed by atoms with Crippen LogP contribution >= 0.6 is 0 Å². The number of hydrogen-bond acceptors (Lipinski definition) is 3. The molecule has 0 radical (unpaired) electrons. The summed E-state index contributed by atoms with van der Waals surface area (Å²) in [5, 5.41) is 11.7. The Balaban J connectivity index is 0.000000280. The van der Waals surface area contributed by atoms with Crippen LogP contribution in [0.5, 0.6) is 0 Å². The first kappa shape index (κ1) is 14.4. The van der Waals surface area contributed by atoms with Gasteiger partial charge in [-0.1, -0.05) is 26.7 Å². The van der Waals surface area contributed by atoms with Crippen molar-refractivity contribution in [2.45, 2.75) is 39.5 Å². The number of nitrogens with one attached hydrogen (secondary N) is 1. The predicted molar refractivity (Wildman–Crippen MR) is 62.6 cm³/mol. The van der Waals surface area contributed by atoms with Gasteiger partial charge in [-0.2, -0.15) is 5.26 Å². The van der Waals surface area contributed by atoms with Crippen molar-refractivity contribution in [1.82, 2.24) is 5.32 Å². The summed E-state index contributed by atoms with van der Waals surface area (Å²) < 4.78 is 5.01. The molecule has 0 saturated carbocycles. The van der Waals surface area contributed by atoms with Gasteiger partial charge in [0.2, 0.25) is 0 Å². The highest BCUT2D eigenvalue weighted by Gasteiger charge is 2.02. The quantitative estimate of drug-likeness (QED) is 0.778. The molecule has 1 aliphatic rings. The highest BCUT2D eigenvalue weighted by Crippen LogP contribution is 2.10. The van der Waals surface area contributed by atoms with Gasteiger partial charge in [0.05, 0.1) is 19.3 Å². The van der Waals surface area contributed by atoms with Crippen LogP contribution in [0, 0.1) is 17.2 Å². The summed E-state index contributed by atoms with van der Waals surface area (Å²) in [6.07, 6.45) is 4.42. The van der Waals surface area contributed by atoms with Crippen LogP contribution in [0.2, 0.25) is 0 Å². The summed E-state index contributed by atoms with van der Waals surface area (Å²) in [6.45, 7) is 8.08. The van der Waals surface area contributed by atoms with Crippen LogP contribution in [0.25, 0.3) is 0 Å². The molecule has 15 heavy (non-hydrogen) atoms. The largest absolute Gasteiger partial charge is 0.379 e. The Hall–Kier alpha value is -0.590. The number of nitriles is 1. The van der Waals surface area contributed by atoms with E-state index < -0.39 is 0 Å². The molecule has 1 saturated heterocycles. The van der Waals surface area contributed by atoms with Gasteiger partial charge in [0.25, 0.3) is 0 Å². The first-order valence-corrected chi connectivity index (χ1v) is 6.03. The van der Waals surface area contributed by atoms with Gasteiger partial charge in [0.1, 0.15) is 0 Å². The number of rotatable bonds is 4. The van der Waals surface area contributed by atoms with Gasteiger partial charge < -0.3 is 10.1 Å². The molecule has 3 heteroatoms. The highest BCUT2D eigenvalue weighted by atomic mass is 16.5. The lowest BCUT2D eigenvalue weighted by Gasteiger charge is -2.10. The van der Waals surface area contributed by atoms with Crippen molar-refractivity contribution in [2.75, 3.05) is 26.3 Å². The van der Waals surface area contributed by atoms with E-state index >= 15 is 0 Å². The van der Waals surface area contributed by atoms with E-state index in [1.54, 1.807) is 0 Å². The maximum absolute atomic E-state index is 8.54. The van der Waals surface area contributed by atoms with Crippen molar-refractivity contribution in [1.29, 1.82) is 5.26 Å². The van der Waals surface area contributed by atoms with E-state index in [1.807, 2.05) is 0 Å². The maximum atomic E-state index is 8.54. The summed E-state index contributed by atoms with van der Waals surface area (Å²) in [4.78, 5) is 0. The van der Waals surface area contributed by atoms with Crippen molar-refractivity contribution in [2.24, 2.45) is 5.92 Å². The van der Waals surface area contributed by atoms with Gasteiger partial charge in [-0.25, -0.2) is 0 Å². The fraction of sp³-hybridized carbons (Fsp3) is 0.917. The van der Waals surface area contributed by atoms with Gasteiger partial charge in [-0.15, -0.1) is 0 Å². The minimum atomic E-state index is 0.319. The SMILES string of the molecule is C1COCCN1.CCCC(C#N)CCC. The second-order valence-electron chi connectivity index (χ2n) is 3.77. The number of hydrogen-bond donors (Lipinski definition) is 1. The number of morpholine rings is 1. The van der Waals surface area contributed by atoms with E-state index in [1.165, 1.54) is 0 Å². The van der Waals surface area contributed by atoms with E-state index in [2.05, 4.69) is 25.2 Å². The van der Waals surface area contributed by atoms with Crippen molar-refractivity contribution in [3.8, 4) is 6.07 Å². The van der Waals surface area contributed by atoms with Crippen LogP contribution in [0.3, 0.4) is 0 Å². The van der Waals surface area contributed by atoms with Crippen molar-refractivity contribution in [3.63, 3.8) is 0 Å². The minimum Gasteiger partial charge on any atom is -0.379 e. The molecule has 0 bridgehead atoms. The summed E-state index contributed by atoms with van der Waals surface area (Å²) >= 11 is 0. The lowest BCUT2D eigenvalue weighted by atomic mass is 10.0. The molecule has 0 aromatic heterocycles. The van der Waals surface area contributed by atoms with Crippen molar-refractivity contribution >= 4 is 0 Å². The fourth-order valence-corrected chi connectivity index (χ4v) is 1.49. The first-order valence-electron chi connectivity index (χ1n) is 6.03. The molecule has 1 aliphatic heterocycles. The molecular formula is C12H24N2O. The molecule has 0 aromatic rings. The van der Waals surface area contributed by atoms with Crippen molar-refractivity contribution < 1.29 is 4.74 Å². The molecule has 0 aromatic carbocycles. The molecule has 0 amide bonds. The van der Waals surface area contributed by atoms with E-state index in [0.29, 0.717) is 5.92 Å². The van der Waals surface area contributed by atoms with E-state index in [0.717, 1.165) is 52.0 Å². The molecule has 0 atom stereocenters. The molecule has 1 rings (SSSR count). The predicted octanol–water partition coefficient (Wildman–Crippen LogP) is 2.33. The molecule has 1 fully saturated rings. The van der Waals surface area contributed by atoms with Gasteiger partial charge in [-0.05, 0) is 12.8 Å². The maximum Gasteiger partial charge on any atom is 0.0655 e. The molecule has 1 N–H and O–H groups in total. The molecule has 0 unspecified atom stereocenters. The molecule has 1 heterocycles. The third kappa shape index (κ3) is 9.71. The smallest absolute Gasteiger partial charge is 0.0655 e. The van der Waals surface area contributed by atoms with Gasteiger partial charge in [0.15, 0.2) is 0 Å². The van der Waals surface area contributed by atoms with Gasteiger partial charge in [-0.3, -0.25) is 0 Å². The average Bonchev–Trinajstić information content (AvgIpc) is 2.32. The van der Waals surface area contributed by atoms with Crippen LogP contribution in [0.1, 0.15) is 39.5 Å². The zero-order valence-corrected chi connectivity index (χ0v) is 10.1. The lowest BCUT2D eigenvalue weighted by molar-refractivity contribution is 0.109. The van der Waals surface area contributed by atoms with Gasteiger partial charge >= 0.3 is 0 Å². The molecular weight excluding hydrogens is 188 g/mol. The van der Waals surface area contributed by atoms with Gasteiger partial charge in [0, 0.05) is 19.0 Å². The minimum absolute atomic E-state index is 0.319. The third-order valence-corrected chi connectivity index (χ3v) is 2.30. The van der Waals surface area contributed by atoms with Crippen LogP contribution in [0.4, 0.5) is 0 Å². The van der Waals surface area contributed by atoms with Crippen LogP contribution in [-0.4, -0.2) is 26.3 Å². The molecule has 88 valence electrons. The normalized spacial score (nSPS) is 15.3. The monoisotopic (exact) mass is 212 g/mol. The Morgan fingerprint density at radius 1 is 1.20 bits per heavy atom. The Labute approximate surface area is 93.8 Å².